The Labute approximate surface area is 132 Å². The molecule has 0 aliphatic carbocycles. The first-order chi connectivity index (χ1) is 10.7. The van der Waals surface area contributed by atoms with Crippen LogP contribution in [0.5, 0.6) is 0 Å². The lowest BCUT2D eigenvalue weighted by molar-refractivity contribution is 0.342. The van der Waals surface area contributed by atoms with Crippen molar-refractivity contribution in [3.8, 4) is 0 Å². The zero-order valence-electron chi connectivity index (χ0n) is 13.6. The van der Waals surface area contributed by atoms with Crippen LogP contribution in [-0.4, -0.2) is 43.6 Å². The smallest absolute Gasteiger partial charge is 0.191 e. The molecule has 1 aromatic rings. The van der Waals surface area contributed by atoms with Gasteiger partial charge in [-0.05, 0) is 38.4 Å². The quantitative estimate of drug-likeness (QED) is 0.625. The van der Waals surface area contributed by atoms with E-state index in [-0.39, 0.29) is 5.82 Å². The van der Waals surface area contributed by atoms with E-state index in [0.29, 0.717) is 18.0 Å². The molecule has 22 heavy (non-hydrogen) atoms. The molecule has 1 atom stereocenters. The number of likely N-dealkylation sites (tertiary alicyclic amines) is 1. The molecule has 1 aliphatic heterocycles. The van der Waals surface area contributed by atoms with Gasteiger partial charge in [0.1, 0.15) is 5.82 Å². The first kappa shape index (κ1) is 16.7. The van der Waals surface area contributed by atoms with Crippen LogP contribution in [0.15, 0.2) is 29.3 Å². The van der Waals surface area contributed by atoms with E-state index in [4.69, 9.17) is 0 Å². The SMILES string of the molecule is CCNC(=NCc1ccccc1F)NCC1CCN(CC)C1. The second-order valence-corrected chi connectivity index (χ2v) is 5.72. The average molecular weight is 306 g/mol. The summed E-state index contributed by atoms with van der Waals surface area (Å²) >= 11 is 0. The molecule has 1 saturated heterocycles. The third-order valence-electron chi connectivity index (χ3n) is 4.08. The van der Waals surface area contributed by atoms with Crippen LogP contribution in [0.1, 0.15) is 25.8 Å². The van der Waals surface area contributed by atoms with E-state index < -0.39 is 0 Å². The van der Waals surface area contributed by atoms with Gasteiger partial charge < -0.3 is 15.5 Å². The molecule has 1 aromatic carbocycles. The van der Waals surface area contributed by atoms with Crippen molar-refractivity contribution in [3.63, 3.8) is 0 Å². The van der Waals surface area contributed by atoms with Crippen LogP contribution in [-0.2, 0) is 6.54 Å². The van der Waals surface area contributed by atoms with Crippen LogP contribution in [0.3, 0.4) is 0 Å². The van der Waals surface area contributed by atoms with Crippen LogP contribution in [0.4, 0.5) is 4.39 Å². The van der Waals surface area contributed by atoms with Gasteiger partial charge in [0.05, 0.1) is 6.54 Å². The van der Waals surface area contributed by atoms with Gasteiger partial charge in [-0.25, -0.2) is 9.38 Å². The Hall–Kier alpha value is -1.62. The highest BCUT2D eigenvalue weighted by molar-refractivity contribution is 5.79. The summed E-state index contributed by atoms with van der Waals surface area (Å²) in [5.74, 6) is 1.23. The van der Waals surface area contributed by atoms with Crippen molar-refractivity contribution in [1.82, 2.24) is 15.5 Å². The van der Waals surface area contributed by atoms with Crippen LogP contribution < -0.4 is 10.6 Å². The molecular formula is C17H27FN4. The monoisotopic (exact) mass is 306 g/mol. The predicted molar refractivity (Wildman–Crippen MR) is 89.4 cm³/mol. The Morgan fingerprint density at radius 3 is 2.82 bits per heavy atom. The van der Waals surface area contributed by atoms with Gasteiger partial charge in [-0.1, -0.05) is 25.1 Å². The van der Waals surface area contributed by atoms with Gasteiger partial charge in [0.2, 0.25) is 0 Å². The number of hydrogen-bond donors (Lipinski definition) is 2. The fraction of sp³-hybridized carbons (Fsp3) is 0.588. The summed E-state index contributed by atoms with van der Waals surface area (Å²) in [5, 5.41) is 6.61. The number of rotatable bonds is 6. The number of guanidine groups is 1. The van der Waals surface area contributed by atoms with E-state index in [2.05, 4.69) is 27.4 Å². The van der Waals surface area contributed by atoms with E-state index >= 15 is 0 Å². The molecule has 0 bridgehead atoms. The second kappa shape index (κ2) is 8.73. The Morgan fingerprint density at radius 1 is 1.32 bits per heavy atom. The van der Waals surface area contributed by atoms with Gasteiger partial charge >= 0.3 is 0 Å². The summed E-state index contributed by atoms with van der Waals surface area (Å²) in [6, 6.07) is 6.79. The predicted octanol–water partition coefficient (Wildman–Crippen LogP) is 2.22. The second-order valence-electron chi connectivity index (χ2n) is 5.72. The highest BCUT2D eigenvalue weighted by Gasteiger charge is 2.20. The minimum absolute atomic E-state index is 0.198. The Bertz CT molecular complexity index is 489. The van der Waals surface area contributed by atoms with Crippen molar-refractivity contribution in [3.05, 3.63) is 35.6 Å². The van der Waals surface area contributed by atoms with Crippen molar-refractivity contribution in [2.45, 2.75) is 26.8 Å². The molecule has 5 heteroatoms. The summed E-state index contributed by atoms with van der Waals surface area (Å²) in [5.41, 5.74) is 0.623. The van der Waals surface area contributed by atoms with Gasteiger partial charge in [-0.3, -0.25) is 0 Å². The molecule has 2 N–H and O–H groups in total. The van der Waals surface area contributed by atoms with E-state index in [1.165, 1.54) is 19.0 Å². The van der Waals surface area contributed by atoms with Crippen LogP contribution in [0.2, 0.25) is 0 Å². The number of nitrogens with one attached hydrogen (secondary N) is 2. The number of halogens is 1. The zero-order chi connectivity index (χ0) is 15.8. The maximum atomic E-state index is 13.6. The number of hydrogen-bond acceptors (Lipinski definition) is 2. The number of nitrogens with zero attached hydrogens (tertiary/aromatic N) is 2. The molecule has 0 radical (unpaired) electrons. The van der Waals surface area contributed by atoms with Gasteiger partial charge in [0, 0.05) is 25.2 Å². The molecule has 122 valence electrons. The highest BCUT2D eigenvalue weighted by Crippen LogP contribution is 2.14. The summed E-state index contributed by atoms with van der Waals surface area (Å²) in [6.45, 7) is 9.77. The number of benzene rings is 1. The molecule has 0 aromatic heterocycles. The van der Waals surface area contributed by atoms with Crippen molar-refractivity contribution in [2.75, 3.05) is 32.7 Å². The summed E-state index contributed by atoms with van der Waals surface area (Å²) < 4.78 is 13.6. The standard InChI is InChI=1S/C17H27FN4/c1-3-19-17(20-11-14-9-10-22(4-2)13-14)21-12-15-7-5-6-8-16(15)18/h5-8,14H,3-4,9-13H2,1-2H3,(H2,19,20,21). The third kappa shape index (κ3) is 4.98. The first-order valence-corrected chi connectivity index (χ1v) is 8.20. The summed E-state index contributed by atoms with van der Waals surface area (Å²) in [4.78, 5) is 6.95. The number of aliphatic imine (C=N–C) groups is 1. The zero-order valence-corrected chi connectivity index (χ0v) is 13.6. The lowest BCUT2D eigenvalue weighted by Gasteiger charge is -2.16. The van der Waals surface area contributed by atoms with Crippen LogP contribution in [0.25, 0.3) is 0 Å². The molecule has 1 aliphatic rings. The molecule has 1 heterocycles. The average Bonchev–Trinajstić information content (AvgIpc) is 2.99. The molecule has 1 unspecified atom stereocenters. The van der Waals surface area contributed by atoms with Gasteiger partial charge in [0.25, 0.3) is 0 Å². The molecule has 1 fully saturated rings. The topological polar surface area (TPSA) is 39.7 Å². The lowest BCUT2D eigenvalue weighted by atomic mass is 10.1. The third-order valence-corrected chi connectivity index (χ3v) is 4.08. The Morgan fingerprint density at radius 2 is 2.14 bits per heavy atom. The molecule has 0 amide bonds. The summed E-state index contributed by atoms with van der Waals surface area (Å²) in [6.07, 6.45) is 1.23. The normalized spacial score (nSPS) is 19.4. The summed E-state index contributed by atoms with van der Waals surface area (Å²) in [7, 11) is 0. The van der Waals surface area contributed by atoms with Crippen LogP contribution in [0, 0.1) is 11.7 Å². The largest absolute Gasteiger partial charge is 0.357 e. The molecule has 0 spiro atoms. The highest BCUT2D eigenvalue weighted by atomic mass is 19.1. The maximum Gasteiger partial charge on any atom is 0.191 e. The first-order valence-electron chi connectivity index (χ1n) is 8.20. The van der Waals surface area contributed by atoms with Crippen LogP contribution >= 0.6 is 0 Å². The van der Waals surface area contributed by atoms with Gasteiger partial charge in [0.15, 0.2) is 5.96 Å². The minimum Gasteiger partial charge on any atom is -0.357 e. The van der Waals surface area contributed by atoms with Crippen molar-refractivity contribution < 1.29 is 4.39 Å². The Kier molecular flexibility index (Phi) is 6.65. The van der Waals surface area contributed by atoms with Gasteiger partial charge in [-0.15, -0.1) is 0 Å². The molecule has 2 rings (SSSR count). The van der Waals surface area contributed by atoms with Crippen molar-refractivity contribution in [1.29, 1.82) is 0 Å². The molecular weight excluding hydrogens is 279 g/mol. The van der Waals surface area contributed by atoms with Crippen molar-refractivity contribution >= 4 is 5.96 Å². The maximum absolute atomic E-state index is 13.6. The fourth-order valence-electron chi connectivity index (χ4n) is 2.74. The van der Waals surface area contributed by atoms with Crippen molar-refractivity contribution in [2.24, 2.45) is 10.9 Å². The van der Waals surface area contributed by atoms with Gasteiger partial charge in [-0.2, -0.15) is 0 Å². The Balaban J connectivity index is 1.86. The molecule has 0 saturated carbocycles. The minimum atomic E-state index is -0.198. The lowest BCUT2D eigenvalue weighted by Crippen LogP contribution is -2.40. The molecule has 4 nitrogen and oxygen atoms in total. The van der Waals surface area contributed by atoms with E-state index in [9.17, 15) is 4.39 Å². The van der Waals surface area contributed by atoms with E-state index in [0.717, 1.165) is 32.1 Å². The van der Waals surface area contributed by atoms with E-state index in [1.807, 2.05) is 13.0 Å². The van der Waals surface area contributed by atoms with E-state index in [1.54, 1.807) is 12.1 Å². The fourth-order valence-corrected chi connectivity index (χ4v) is 2.74.